The fourth-order valence-electron chi connectivity index (χ4n) is 2.87. The molecule has 0 radical (unpaired) electrons. The van der Waals surface area contributed by atoms with E-state index in [2.05, 4.69) is 5.32 Å². The van der Waals surface area contributed by atoms with Crippen molar-refractivity contribution in [1.82, 2.24) is 0 Å². The van der Waals surface area contributed by atoms with E-state index in [0.717, 1.165) is 5.56 Å². The summed E-state index contributed by atoms with van der Waals surface area (Å²) in [7, 11) is 0. The molecule has 0 atom stereocenters. The molecule has 1 amide bonds. The summed E-state index contributed by atoms with van der Waals surface area (Å²) in [6.07, 6.45) is -0.183. The number of nitrogens with one attached hydrogen (secondary N) is 1. The Labute approximate surface area is 171 Å². The largest absolute Gasteiger partial charge is 0.462 e. The lowest BCUT2D eigenvalue weighted by molar-refractivity contribution is -0.385. The molecule has 0 aliphatic rings. The highest BCUT2D eigenvalue weighted by Gasteiger charge is 2.23. The van der Waals surface area contributed by atoms with Crippen molar-refractivity contribution in [3.63, 3.8) is 0 Å². The fraction of sp³-hybridized carbons (Fsp3) is 0.143. The van der Waals surface area contributed by atoms with Gasteiger partial charge in [-0.15, -0.1) is 11.3 Å². The van der Waals surface area contributed by atoms with Gasteiger partial charge in [0, 0.05) is 22.6 Å². The summed E-state index contributed by atoms with van der Waals surface area (Å²) < 4.78 is 5.17. The Morgan fingerprint density at radius 3 is 2.48 bits per heavy atom. The third-order valence-electron chi connectivity index (χ3n) is 4.15. The zero-order valence-corrected chi connectivity index (χ0v) is 16.4. The van der Waals surface area contributed by atoms with E-state index < -0.39 is 16.8 Å². The van der Waals surface area contributed by atoms with Crippen LogP contribution in [0.25, 0.3) is 11.1 Å². The summed E-state index contributed by atoms with van der Waals surface area (Å²) in [5, 5.41) is 16.0. The molecule has 0 bridgehead atoms. The Hall–Kier alpha value is -3.52. The average Bonchev–Trinajstić information content (AvgIpc) is 3.12. The molecule has 148 valence electrons. The number of benzene rings is 2. The minimum atomic E-state index is -0.534. The average molecular weight is 410 g/mol. The molecule has 1 aromatic heterocycles. The number of hydrogen-bond donors (Lipinski definition) is 1. The highest BCUT2D eigenvalue weighted by Crippen LogP contribution is 2.36. The molecule has 3 aromatic rings. The number of carbonyl (C=O) groups is 2. The molecular formula is C21H18N2O5S. The van der Waals surface area contributed by atoms with Crippen LogP contribution in [0.5, 0.6) is 0 Å². The van der Waals surface area contributed by atoms with Crippen LogP contribution in [0.1, 0.15) is 22.8 Å². The van der Waals surface area contributed by atoms with Crippen LogP contribution in [0.3, 0.4) is 0 Å². The molecule has 8 heteroatoms. The maximum Gasteiger partial charge on any atom is 0.341 e. The topological polar surface area (TPSA) is 98.5 Å². The van der Waals surface area contributed by atoms with Crippen molar-refractivity contribution in [1.29, 1.82) is 0 Å². The number of rotatable bonds is 7. The van der Waals surface area contributed by atoms with Gasteiger partial charge in [0.25, 0.3) is 5.69 Å². The van der Waals surface area contributed by atoms with Crippen LogP contribution >= 0.6 is 11.3 Å². The number of carbonyl (C=O) groups excluding carboxylic acids is 2. The molecule has 0 unspecified atom stereocenters. The van der Waals surface area contributed by atoms with Gasteiger partial charge in [0.2, 0.25) is 5.91 Å². The Balaban J connectivity index is 1.89. The van der Waals surface area contributed by atoms with Crippen LogP contribution in [0.2, 0.25) is 0 Å². The van der Waals surface area contributed by atoms with Crippen LogP contribution in [-0.2, 0) is 16.0 Å². The van der Waals surface area contributed by atoms with Crippen molar-refractivity contribution >= 4 is 33.9 Å². The number of anilines is 1. The van der Waals surface area contributed by atoms with Gasteiger partial charge >= 0.3 is 5.97 Å². The van der Waals surface area contributed by atoms with E-state index in [1.807, 2.05) is 30.3 Å². The van der Waals surface area contributed by atoms with Crippen LogP contribution in [0, 0.1) is 10.1 Å². The van der Waals surface area contributed by atoms with Crippen molar-refractivity contribution < 1.29 is 19.2 Å². The summed E-state index contributed by atoms with van der Waals surface area (Å²) >= 11 is 1.21. The summed E-state index contributed by atoms with van der Waals surface area (Å²) in [4.78, 5) is 35.7. The second-order valence-electron chi connectivity index (χ2n) is 6.05. The van der Waals surface area contributed by atoms with E-state index in [4.69, 9.17) is 4.74 Å². The number of ether oxygens (including phenoxy) is 1. The zero-order valence-electron chi connectivity index (χ0n) is 15.6. The molecule has 0 aliphatic carbocycles. The molecule has 3 rings (SSSR count). The van der Waals surface area contributed by atoms with Gasteiger partial charge in [-0.25, -0.2) is 4.79 Å². The van der Waals surface area contributed by atoms with Crippen LogP contribution in [0.4, 0.5) is 10.7 Å². The predicted octanol–water partition coefficient (Wildman–Crippen LogP) is 4.68. The lowest BCUT2D eigenvalue weighted by Gasteiger charge is -2.09. The third kappa shape index (κ3) is 4.67. The summed E-state index contributed by atoms with van der Waals surface area (Å²) in [5.41, 5.74) is 1.94. The molecule has 1 N–H and O–H groups in total. The molecule has 0 saturated carbocycles. The van der Waals surface area contributed by atoms with Gasteiger partial charge in [-0.3, -0.25) is 14.9 Å². The van der Waals surface area contributed by atoms with Crippen LogP contribution < -0.4 is 5.32 Å². The van der Waals surface area contributed by atoms with Gasteiger partial charge < -0.3 is 10.1 Å². The Kier molecular flexibility index (Phi) is 6.36. The molecule has 0 saturated heterocycles. The minimum absolute atomic E-state index is 0.121. The zero-order chi connectivity index (χ0) is 20.8. The first kappa shape index (κ1) is 20.2. The molecule has 0 fully saturated rings. The highest BCUT2D eigenvalue weighted by molar-refractivity contribution is 7.15. The third-order valence-corrected chi connectivity index (χ3v) is 5.04. The Morgan fingerprint density at radius 2 is 1.79 bits per heavy atom. The molecular weight excluding hydrogens is 392 g/mol. The maximum absolute atomic E-state index is 12.6. The van der Waals surface area contributed by atoms with Crippen LogP contribution in [-0.4, -0.2) is 23.4 Å². The van der Waals surface area contributed by atoms with Gasteiger partial charge in [0.15, 0.2) is 0 Å². The Bertz CT molecular complexity index is 1050. The van der Waals surface area contributed by atoms with Crippen molar-refractivity contribution in [2.45, 2.75) is 13.3 Å². The number of nitro benzene ring substituents is 1. The number of hydrogen-bond acceptors (Lipinski definition) is 6. The molecule has 0 spiro atoms. The lowest BCUT2D eigenvalue weighted by Crippen LogP contribution is -2.17. The van der Waals surface area contributed by atoms with Gasteiger partial charge in [0.1, 0.15) is 10.6 Å². The monoisotopic (exact) mass is 410 g/mol. The molecule has 1 heterocycles. The van der Waals surface area contributed by atoms with Gasteiger partial charge in [0.05, 0.1) is 18.0 Å². The minimum Gasteiger partial charge on any atom is -0.462 e. The first-order chi connectivity index (χ1) is 14.0. The Morgan fingerprint density at radius 1 is 1.10 bits per heavy atom. The number of amides is 1. The SMILES string of the molecule is CCOC(=O)c1c(-c2ccccc2)csc1NC(=O)Cc1ccccc1[N+](=O)[O-]. The van der Waals surface area contributed by atoms with Crippen molar-refractivity contribution in [2.75, 3.05) is 11.9 Å². The highest BCUT2D eigenvalue weighted by atomic mass is 32.1. The molecule has 2 aromatic carbocycles. The number of thiophene rings is 1. The van der Waals surface area contributed by atoms with Crippen LogP contribution in [0.15, 0.2) is 60.0 Å². The second-order valence-corrected chi connectivity index (χ2v) is 6.93. The lowest BCUT2D eigenvalue weighted by atomic mass is 10.0. The van der Waals surface area contributed by atoms with E-state index in [1.54, 1.807) is 24.4 Å². The van der Waals surface area contributed by atoms with Gasteiger partial charge in [-0.1, -0.05) is 48.5 Å². The first-order valence-corrected chi connectivity index (χ1v) is 9.75. The van der Waals surface area contributed by atoms with E-state index in [1.165, 1.54) is 23.5 Å². The fourth-order valence-corrected chi connectivity index (χ4v) is 3.84. The summed E-state index contributed by atoms with van der Waals surface area (Å²) in [5.74, 6) is -0.986. The van der Waals surface area contributed by atoms with Gasteiger partial charge in [-0.2, -0.15) is 0 Å². The first-order valence-electron chi connectivity index (χ1n) is 8.87. The summed E-state index contributed by atoms with van der Waals surface area (Å²) in [6.45, 7) is 1.91. The van der Waals surface area contributed by atoms with Crippen molar-refractivity contribution in [2.24, 2.45) is 0 Å². The van der Waals surface area contributed by atoms with E-state index in [9.17, 15) is 19.7 Å². The molecule has 7 nitrogen and oxygen atoms in total. The predicted molar refractivity (Wildman–Crippen MR) is 111 cm³/mol. The smallest absolute Gasteiger partial charge is 0.341 e. The molecule has 29 heavy (non-hydrogen) atoms. The van der Waals surface area contributed by atoms with E-state index in [0.29, 0.717) is 16.1 Å². The normalized spacial score (nSPS) is 10.4. The number of esters is 1. The van der Waals surface area contributed by atoms with E-state index in [-0.39, 0.29) is 24.3 Å². The number of nitrogens with zero attached hydrogens (tertiary/aromatic N) is 1. The van der Waals surface area contributed by atoms with Crippen molar-refractivity contribution in [3.05, 3.63) is 81.2 Å². The summed E-state index contributed by atoms with van der Waals surface area (Å²) in [6, 6.07) is 15.4. The number of para-hydroxylation sites is 1. The standard InChI is InChI=1S/C21H18N2O5S/c1-2-28-21(25)19-16(14-8-4-3-5-9-14)13-29-20(19)22-18(24)12-15-10-6-7-11-17(15)23(26)27/h3-11,13H,2,12H2,1H3,(H,22,24). The maximum atomic E-state index is 12.6. The number of nitro groups is 1. The van der Waals surface area contributed by atoms with Gasteiger partial charge in [-0.05, 0) is 12.5 Å². The quantitative estimate of drug-likeness (QED) is 0.346. The van der Waals surface area contributed by atoms with E-state index >= 15 is 0 Å². The van der Waals surface area contributed by atoms with Crippen molar-refractivity contribution in [3.8, 4) is 11.1 Å². The molecule has 0 aliphatic heterocycles. The second kappa shape index (κ2) is 9.11.